The van der Waals surface area contributed by atoms with Crippen molar-refractivity contribution in [1.29, 1.82) is 0 Å². The van der Waals surface area contributed by atoms with Gasteiger partial charge in [-0.3, -0.25) is 4.79 Å². The Labute approximate surface area is 179 Å². The number of rotatable bonds is 9. The van der Waals surface area contributed by atoms with Gasteiger partial charge in [0.05, 0.1) is 0 Å². The van der Waals surface area contributed by atoms with Gasteiger partial charge in [-0.25, -0.2) is 9.18 Å². The van der Waals surface area contributed by atoms with Crippen LogP contribution in [-0.2, 0) is 22.6 Å². The molecule has 0 aliphatic heterocycles. The van der Waals surface area contributed by atoms with Crippen molar-refractivity contribution in [2.75, 3.05) is 0 Å². The van der Waals surface area contributed by atoms with Crippen LogP contribution in [0.2, 0.25) is 0 Å². The van der Waals surface area contributed by atoms with Gasteiger partial charge >= 0.3 is 11.9 Å². The van der Waals surface area contributed by atoms with Crippen LogP contribution in [0.1, 0.15) is 23.1 Å². The SMILES string of the molecule is O=C(O)/C=C/c1ccc(OC(=O)CCc2ccccc2)c(OCc2ccc(F)cc2)c1. The molecule has 0 heterocycles. The summed E-state index contributed by atoms with van der Waals surface area (Å²) in [7, 11) is 0. The number of aryl methyl sites for hydroxylation is 1. The topological polar surface area (TPSA) is 72.8 Å². The lowest BCUT2D eigenvalue weighted by molar-refractivity contribution is -0.134. The summed E-state index contributed by atoms with van der Waals surface area (Å²) in [6.07, 6.45) is 3.16. The van der Waals surface area contributed by atoms with Crippen molar-refractivity contribution in [1.82, 2.24) is 0 Å². The summed E-state index contributed by atoms with van der Waals surface area (Å²) in [5, 5.41) is 8.83. The largest absolute Gasteiger partial charge is 0.485 e. The van der Waals surface area contributed by atoms with Gasteiger partial charge in [0.2, 0.25) is 0 Å². The molecule has 0 aliphatic carbocycles. The van der Waals surface area contributed by atoms with E-state index in [9.17, 15) is 14.0 Å². The van der Waals surface area contributed by atoms with Gasteiger partial charge in [-0.2, -0.15) is 0 Å². The van der Waals surface area contributed by atoms with E-state index >= 15 is 0 Å². The third-order valence-electron chi connectivity index (χ3n) is 4.38. The van der Waals surface area contributed by atoms with Crippen LogP contribution in [0, 0.1) is 5.82 Å². The minimum Gasteiger partial charge on any atom is -0.485 e. The maximum Gasteiger partial charge on any atom is 0.328 e. The van der Waals surface area contributed by atoms with E-state index in [-0.39, 0.29) is 30.3 Å². The minimum atomic E-state index is -1.08. The van der Waals surface area contributed by atoms with E-state index < -0.39 is 11.9 Å². The van der Waals surface area contributed by atoms with E-state index in [0.29, 0.717) is 12.0 Å². The molecule has 0 unspecified atom stereocenters. The van der Waals surface area contributed by atoms with Crippen molar-refractivity contribution in [3.8, 4) is 11.5 Å². The predicted molar refractivity (Wildman–Crippen MR) is 114 cm³/mol. The monoisotopic (exact) mass is 420 g/mol. The van der Waals surface area contributed by atoms with Crippen LogP contribution < -0.4 is 9.47 Å². The molecule has 3 aromatic carbocycles. The van der Waals surface area contributed by atoms with E-state index in [1.54, 1.807) is 30.3 Å². The number of carbonyl (C=O) groups excluding carboxylic acids is 1. The summed E-state index contributed by atoms with van der Waals surface area (Å²) in [5.41, 5.74) is 2.33. The standard InChI is InChI=1S/C25H21FO5/c26-21-11-6-20(7-12-21)17-30-23-16-19(9-14-24(27)28)8-13-22(23)31-25(29)15-10-18-4-2-1-3-5-18/h1-9,11-14,16H,10,15,17H2,(H,27,28)/b14-9+. The van der Waals surface area contributed by atoms with Crippen molar-refractivity contribution in [2.24, 2.45) is 0 Å². The molecule has 31 heavy (non-hydrogen) atoms. The molecule has 3 aromatic rings. The fraction of sp³-hybridized carbons (Fsp3) is 0.120. The zero-order valence-corrected chi connectivity index (χ0v) is 16.7. The molecule has 0 bridgehead atoms. The molecule has 0 amide bonds. The maximum absolute atomic E-state index is 13.1. The van der Waals surface area contributed by atoms with Crippen LogP contribution in [0.4, 0.5) is 4.39 Å². The number of carboxylic acids is 1. The second-order valence-electron chi connectivity index (χ2n) is 6.75. The van der Waals surface area contributed by atoms with Crippen LogP contribution in [-0.4, -0.2) is 17.0 Å². The van der Waals surface area contributed by atoms with Gasteiger partial charge in [-0.05, 0) is 53.5 Å². The van der Waals surface area contributed by atoms with Crippen molar-refractivity contribution in [3.05, 3.63) is 101 Å². The average molecular weight is 420 g/mol. The van der Waals surface area contributed by atoms with Gasteiger partial charge in [0.25, 0.3) is 0 Å². The first-order valence-corrected chi connectivity index (χ1v) is 9.66. The van der Waals surface area contributed by atoms with E-state index in [1.165, 1.54) is 18.2 Å². The highest BCUT2D eigenvalue weighted by Gasteiger charge is 2.12. The molecule has 0 aliphatic rings. The first-order valence-electron chi connectivity index (χ1n) is 9.66. The van der Waals surface area contributed by atoms with Gasteiger partial charge in [-0.15, -0.1) is 0 Å². The molecule has 6 heteroatoms. The van der Waals surface area contributed by atoms with E-state index in [2.05, 4.69) is 0 Å². The summed E-state index contributed by atoms with van der Waals surface area (Å²) >= 11 is 0. The van der Waals surface area contributed by atoms with E-state index in [4.69, 9.17) is 14.6 Å². The molecule has 5 nitrogen and oxygen atoms in total. The quantitative estimate of drug-likeness (QED) is 0.298. The number of esters is 1. The summed E-state index contributed by atoms with van der Waals surface area (Å²) in [6.45, 7) is 0.126. The van der Waals surface area contributed by atoms with Crippen molar-refractivity contribution >= 4 is 18.0 Å². The molecule has 0 aromatic heterocycles. The number of aliphatic carboxylic acids is 1. The smallest absolute Gasteiger partial charge is 0.328 e. The molecule has 0 atom stereocenters. The number of benzene rings is 3. The molecule has 1 N–H and O–H groups in total. The predicted octanol–water partition coefficient (Wildman–Crippen LogP) is 5.04. The van der Waals surface area contributed by atoms with Gasteiger partial charge in [0.15, 0.2) is 11.5 Å². The lowest BCUT2D eigenvalue weighted by atomic mass is 10.1. The fourth-order valence-corrected chi connectivity index (χ4v) is 2.80. The number of hydrogen-bond donors (Lipinski definition) is 1. The van der Waals surface area contributed by atoms with Crippen molar-refractivity contribution < 1.29 is 28.6 Å². The van der Waals surface area contributed by atoms with Crippen LogP contribution in [0.3, 0.4) is 0 Å². The van der Waals surface area contributed by atoms with Gasteiger partial charge < -0.3 is 14.6 Å². The molecular formula is C25H21FO5. The highest BCUT2D eigenvalue weighted by molar-refractivity contribution is 5.85. The number of hydrogen-bond acceptors (Lipinski definition) is 4. The van der Waals surface area contributed by atoms with Crippen LogP contribution >= 0.6 is 0 Å². The fourth-order valence-electron chi connectivity index (χ4n) is 2.80. The van der Waals surface area contributed by atoms with Gasteiger partial charge in [0, 0.05) is 12.5 Å². The molecule has 0 spiro atoms. The summed E-state index contributed by atoms with van der Waals surface area (Å²) in [5.74, 6) is -1.33. The Hall–Kier alpha value is -3.93. The Balaban J connectivity index is 1.72. The lowest BCUT2D eigenvalue weighted by Gasteiger charge is -2.13. The van der Waals surface area contributed by atoms with Crippen LogP contribution in [0.5, 0.6) is 11.5 Å². The zero-order chi connectivity index (χ0) is 22.1. The van der Waals surface area contributed by atoms with Crippen LogP contribution in [0.15, 0.2) is 78.9 Å². The Bertz CT molecular complexity index is 1060. The molecule has 3 rings (SSSR count). The zero-order valence-electron chi connectivity index (χ0n) is 16.7. The third kappa shape index (κ3) is 7.12. The third-order valence-corrected chi connectivity index (χ3v) is 4.38. The number of carbonyl (C=O) groups is 2. The van der Waals surface area contributed by atoms with Crippen LogP contribution in [0.25, 0.3) is 6.08 Å². The number of ether oxygens (including phenoxy) is 2. The summed E-state index contributed by atoms with van der Waals surface area (Å²) < 4.78 is 24.4. The second-order valence-corrected chi connectivity index (χ2v) is 6.75. The van der Waals surface area contributed by atoms with Crippen molar-refractivity contribution in [2.45, 2.75) is 19.4 Å². The van der Waals surface area contributed by atoms with Gasteiger partial charge in [-0.1, -0.05) is 48.5 Å². The first-order chi connectivity index (χ1) is 15.0. The van der Waals surface area contributed by atoms with E-state index in [1.807, 2.05) is 30.3 Å². The first kappa shape index (κ1) is 21.8. The highest BCUT2D eigenvalue weighted by atomic mass is 19.1. The molecule has 0 saturated heterocycles. The minimum absolute atomic E-state index is 0.126. The Morgan fingerprint density at radius 1 is 0.903 bits per heavy atom. The number of halogens is 1. The number of carboxylic acid groups (broad SMARTS) is 1. The Morgan fingerprint density at radius 3 is 2.35 bits per heavy atom. The Morgan fingerprint density at radius 2 is 1.65 bits per heavy atom. The molecule has 0 fully saturated rings. The summed E-state index contributed by atoms with van der Waals surface area (Å²) in [6, 6.07) is 20.2. The maximum atomic E-state index is 13.1. The Kier molecular flexibility index (Phi) is 7.54. The molecule has 158 valence electrons. The summed E-state index contributed by atoms with van der Waals surface area (Å²) in [4.78, 5) is 23.1. The molecule has 0 saturated carbocycles. The average Bonchev–Trinajstić information content (AvgIpc) is 2.77. The van der Waals surface area contributed by atoms with Gasteiger partial charge in [0.1, 0.15) is 12.4 Å². The van der Waals surface area contributed by atoms with Crippen molar-refractivity contribution in [3.63, 3.8) is 0 Å². The normalized spacial score (nSPS) is 10.7. The molecular weight excluding hydrogens is 399 g/mol. The highest BCUT2D eigenvalue weighted by Crippen LogP contribution is 2.30. The second kappa shape index (κ2) is 10.7. The lowest BCUT2D eigenvalue weighted by Crippen LogP contribution is -2.10. The molecule has 0 radical (unpaired) electrons. The van der Waals surface area contributed by atoms with E-state index in [0.717, 1.165) is 17.2 Å².